The topological polar surface area (TPSA) is 82.6 Å². The number of halogens is 1. The standard InChI is InChI=1S/C15H25N5O2.HI/c1-4-16-15(17-9-13-10-18-19-11(13)2)20-7-5-12(6-8-20)14(21)22-3;/h10,12H,4-9H2,1-3H3,(H,16,17)(H,18,19);1H. The van der Waals surface area contributed by atoms with Crippen molar-refractivity contribution >= 4 is 35.9 Å². The molecular formula is C15H26IN5O2. The maximum atomic E-state index is 11.6. The molecule has 0 spiro atoms. The average molecular weight is 435 g/mol. The molecule has 1 aliphatic heterocycles. The van der Waals surface area contributed by atoms with Crippen LogP contribution >= 0.6 is 24.0 Å². The predicted octanol–water partition coefficient (Wildman–Crippen LogP) is 1.69. The molecule has 8 heteroatoms. The fraction of sp³-hybridized carbons (Fsp3) is 0.667. The molecule has 0 aliphatic carbocycles. The quantitative estimate of drug-likeness (QED) is 0.326. The highest BCUT2D eigenvalue weighted by atomic mass is 127. The first-order valence-electron chi connectivity index (χ1n) is 7.75. The van der Waals surface area contributed by atoms with E-state index in [2.05, 4.69) is 32.3 Å². The van der Waals surface area contributed by atoms with Crippen LogP contribution in [0.2, 0.25) is 0 Å². The number of carbonyl (C=O) groups excluding carboxylic acids is 1. The van der Waals surface area contributed by atoms with Gasteiger partial charge in [0.25, 0.3) is 0 Å². The second kappa shape index (κ2) is 9.74. The van der Waals surface area contributed by atoms with Crippen molar-refractivity contribution in [1.29, 1.82) is 0 Å². The fourth-order valence-electron chi connectivity index (χ4n) is 2.61. The highest BCUT2D eigenvalue weighted by Gasteiger charge is 2.26. The number of piperidine rings is 1. The fourth-order valence-corrected chi connectivity index (χ4v) is 2.61. The average Bonchev–Trinajstić information content (AvgIpc) is 2.96. The van der Waals surface area contributed by atoms with Crippen LogP contribution in [0.15, 0.2) is 11.2 Å². The lowest BCUT2D eigenvalue weighted by atomic mass is 9.97. The molecule has 0 unspecified atom stereocenters. The summed E-state index contributed by atoms with van der Waals surface area (Å²) in [5.41, 5.74) is 2.14. The molecule has 0 bridgehead atoms. The van der Waals surface area contributed by atoms with E-state index < -0.39 is 0 Å². The number of esters is 1. The number of aromatic nitrogens is 2. The Bertz CT molecular complexity index is 524. The van der Waals surface area contributed by atoms with Gasteiger partial charge in [-0.15, -0.1) is 24.0 Å². The van der Waals surface area contributed by atoms with E-state index in [1.807, 2.05) is 13.1 Å². The Morgan fingerprint density at radius 2 is 2.22 bits per heavy atom. The summed E-state index contributed by atoms with van der Waals surface area (Å²) in [5.74, 6) is 0.808. The van der Waals surface area contributed by atoms with Crippen LogP contribution in [0.5, 0.6) is 0 Å². The van der Waals surface area contributed by atoms with E-state index in [0.29, 0.717) is 6.54 Å². The van der Waals surface area contributed by atoms with Gasteiger partial charge >= 0.3 is 5.97 Å². The largest absolute Gasteiger partial charge is 0.469 e. The number of guanidine groups is 1. The number of aryl methyl sites for hydroxylation is 1. The zero-order valence-corrected chi connectivity index (χ0v) is 16.3. The molecule has 1 fully saturated rings. The lowest BCUT2D eigenvalue weighted by Gasteiger charge is -2.33. The molecule has 1 aromatic rings. The molecule has 7 nitrogen and oxygen atoms in total. The van der Waals surface area contributed by atoms with Crippen LogP contribution in [-0.2, 0) is 16.1 Å². The van der Waals surface area contributed by atoms with Gasteiger partial charge in [0, 0.05) is 30.9 Å². The number of likely N-dealkylation sites (tertiary alicyclic amines) is 1. The van der Waals surface area contributed by atoms with Gasteiger partial charge in [-0.05, 0) is 26.7 Å². The van der Waals surface area contributed by atoms with Crippen molar-refractivity contribution < 1.29 is 9.53 Å². The van der Waals surface area contributed by atoms with Crippen molar-refractivity contribution in [2.75, 3.05) is 26.7 Å². The van der Waals surface area contributed by atoms with Crippen LogP contribution in [0.1, 0.15) is 31.0 Å². The molecule has 130 valence electrons. The molecular weight excluding hydrogens is 409 g/mol. The summed E-state index contributed by atoms with van der Waals surface area (Å²) in [6.07, 6.45) is 3.43. The zero-order valence-electron chi connectivity index (χ0n) is 14.0. The molecule has 1 aliphatic rings. The lowest BCUT2D eigenvalue weighted by Crippen LogP contribution is -2.46. The maximum Gasteiger partial charge on any atom is 0.308 e. The van der Waals surface area contributed by atoms with Crippen molar-refractivity contribution in [3.63, 3.8) is 0 Å². The van der Waals surface area contributed by atoms with Crippen LogP contribution in [-0.4, -0.2) is 53.8 Å². The van der Waals surface area contributed by atoms with Gasteiger partial charge < -0.3 is 15.0 Å². The van der Waals surface area contributed by atoms with Gasteiger partial charge in [0.2, 0.25) is 0 Å². The van der Waals surface area contributed by atoms with Gasteiger partial charge in [-0.1, -0.05) is 0 Å². The summed E-state index contributed by atoms with van der Waals surface area (Å²) in [7, 11) is 1.45. The van der Waals surface area contributed by atoms with Crippen LogP contribution in [0.3, 0.4) is 0 Å². The smallest absolute Gasteiger partial charge is 0.308 e. The molecule has 23 heavy (non-hydrogen) atoms. The van der Waals surface area contributed by atoms with Gasteiger partial charge in [0.05, 0.1) is 25.8 Å². The number of rotatable bonds is 4. The van der Waals surface area contributed by atoms with Crippen LogP contribution in [0.25, 0.3) is 0 Å². The monoisotopic (exact) mass is 435 g/mol. The Morgan fingerprint density at radius 1 is 1.52 bits per heavy atom. The zero-order chi connectivity index (χ0) is 15.9. The van der Waals surface area contributed by atoms with Crippen molar-refractivity contribution in [3.8, 4) is 0 Å². The minimum atomic E-state index is -0.101. The van der Waals surface area contributed by atoms with E-state index in [1.54, 1.807) is 0 Å². The summed E-state index contributed by atoms with van der Waals surface area (Å²) in [6, 6.07) is 0. The Hall–Kier alpha value is -1.32. The molecule has 0 amide bonds. The molecule has 0 radical (unpaired) electrons. The van der Waals surface area contributed by atoms with E-state index >= 15 is 0 Å². The van der Waals surface area contributed by atoms with E-state index in [9.17, 15) is 4.79 Å². The molecule has 0 aromatic carbocycles. The maximum absolute atomic E-state index is 11.6. The van der Waals surface area contributed by atoms with Crippen molar-refractivity contribution in [2.24, 2.45) is 10.9 Å². The minimum absolute atomic E-state index is 0. The van der Waals surface area contributed by atoms with Crippen molar-refractivity contribution in [1.82, 2.24) is 20.4 Å². The number of carbonyl (C=O) groups is 1. The molecule has 0 atom stereocenters. The first kappa shape index (κ1) is 19.7. The SMILES string of the molecule is CCNC(=NCc1cn[nH]c1C)N1CCC(C(=O)OC)CC1.I. The second-order valence-corrected chi connectivity index (χ2v) is 5.47. The number of hydrogen-bond acceptors (Lipinski definition) is 4. The third-order valence-corrected chi connectivity index (χ3v) is 4.00. The van der Waals surface area contributed by atoms with Crippen molar-refractivity contribution in [2.45, 2.75) is 33.2 Å². The third kappa shape index (κ3) is 5.36. The number of ether oxygens (including phenoxy) is 1. The Labute approximate surface area is 154 Å². The van der Waals surface area contributed by atoms with Gasteiger partial charge in [0.1, 0.15) is 0 Å². The predicted molar refractivity (Wildman–Crippen MR) is 99.9 cm³/mol. The second-order valence-electron chi connectivity index (χ2n) is 5.47. The van der Waals surface area contributed by atoms with E-state index in [4.69, 9.17) is 4.74 Å². The summed E-state index contributed by atoms with van der Waals surface area (Å²) in [5, 5.41) is 10.3. The number of nitrogens with zero attached hydrogens (tertiary/aromatic N) is 3. The van der Waals surface area contributed by atoms with E-state index in [0.717, 1.165) is 49.7 Å². The summed E-state index contributed by atoms with van der Waals surface area (Å²) >= 11 is 0. The number of nitrogens with one attached hydrogen (secondary N) is 2. The van der Waals surface area contributed by atoms with Crippen molar-refractivity contribution in [3.05, 3.63) is 17.5 Å². The number of methoxy groups -OCH3 is 1. The Balaban J connectivity index is 0.00000264. The normalized spacial score (nSPS) is 16.0. The minimum Gasteiger partial charge on any atom is -0.469 e. The number of H-pyrrole nitrogens is 1. The third-order valence-electron chi connectivity index (χ3n) is 4.00. The first-order chi connectivity index (χ1) is 10.7. The molecule has 0 saturated carbocycles. The van der Waals surface area contributed by atoms with Crippen LogP contribution in [0.4, 0.5) is 0 Å². The molecule has 2 rings (SSSR count). The first-order valence-corrected chi connectivity index (χ1v) is 7.75. The summed E-state index contributed by atoms with van der Waals surface area (Å²) < 4.78 is 4.83. The molecule has 1 aromatic heterocycles. The number of hydrogen-bond donors (Lipinski definition) is 2. The van der Waals surface area contributed by atoms with Gasteiger partial charge in [-0.25, -0.2) is 4.99 Å². The van der Waals surface area contributed by atoms with Crippen LogP contribution < -0.4 is 5.32 Å². The van der Waals surface area contributed by atoms with Crippen LogP contribution in [0, 0.1) is 12.8 Å². The highest BCUT2D eigenvalue weighted by Crippen LogP contribution is 2.18. The van der Waals surface area contributed by atoms with Gasteiger partial charge in [0.15, 0.2) is 5.96 Å². The highest BCUT2D eigenvalue weighted by molar-refractivity contribution is 14.0. The summed E-state index contributed by atoms with van der Waals surface area (Å²) in [6.45, 7) is 7.10. The molecule has 2 heterocycles. The van der Waals surface area contributed by atoms with Gasteiger partial charge in [-0.3, -0.25) is 9.89 Å². The Kier molecular flexibility index (Phi) is 8.35. The van der Waals surface area contributed by atoms with Gasteiger partial charge in [-0.2, -0.15) is 5.10 Å². The number of aromatic amines is 1. The molecule has 2 N–H and O–H groups in total. The van der Waals surface area contributed by atoms with E-state index in [1.165, 1.54) is 7.11 Å². The lowest BCUT2D eigenvalue weighted by molar-refractivity contribution is -0.146. The Morgan fingerprint density at radius 3 is 2.74 bits per heavy atom. The molecule has 1 saturated heterocycles. The number of aliphatic imine (C=N–C) groups is 1. The summed E-state index contributed by atoms with van der Waals surface area (Å²) in [4.78, 5) is 18.5. The van der Waals surface area contributed by atoms with E-state index in [-0.39, 0.29) is 35.9 Å².